The van der Waals surface area contributed by atoms with Gasteiger partial charge in [-0.05, 0) is 50.5 Å². The summed E-state index contributed by atoms with van der Waals surface area (Å²) < 4.78 is 11.3. The fourth-order valence-electron chi connectivity index (χ4n) is 1.66. The Morgan fingerprint density at radius 3 is 2.68 bits per heavy atom. The van der Waals surface area contributed by atoms with E-state index in [0.717, 1.165) is 29.1 Å². The first kappa shape index (κ1) is 15.9. The molecule has 0 amide bonds. The maximum Gasteiger partial charge on any atom is 0.161 e. The number of hydrogen-bond donors (Lipinski definition) is 1. The molecule has 0 bridgehead atoms. The minimum absolute atomic E-state index is 0.127. The van der Waals surface area contributed by atoms with Crippen LogP contribution in [0.15, 0.2) is 29.3 Å². The van der Waals surface area contributed by atoms with Crippen LogP contribution in [0.2, 0.25) is 0 Å². The summed E-state index contributed by atoms with van der Waals surface area (Å²) in [6.07, 6.45) is 0.820. The van der Waals surface area contributed by atoms with E-state index >= 15 is 0 Å². The maximum absolute atomic E-state index is 5.81. The first-order valence-corrected chi connectivity index (χ1v) is 6.90. The summed E-state index contributed by atoms with van der Waals surface area (Å²) in [5, 5.41) is 0. The number of hydrogen-bond acceptors (Lipinski definition) is 3. The van der Waals surface area contributed by atoms with Gasteiger partial charge in [-0.25, -0.2) is 0 Å². The second-order valence-electron chi connectivity index (χ2n) is 4.64. The summed E-state index contributed by atoms with van der Waals surface area (Å²) in [6.45, 7) is 6.90. The lowest BCUT2D eigenvalue weighted by atomic mass is 10.1. The average Bonchev–Trinajstić information content (AvgIpc) is 2.37. The highest BCUT2D eigenvalue weighted by atomic mass is 35.5. The van der Waals surface area contributed by atoms with Gasteiger partial charge in [-0.15, -0.1) is 0 Å². The fourth-order valence-corrected chi connectivity index (χ4v) is 1.72. The molecule has 0 saturated carbocycles. The molecule has 0 heterocycles. The van der Waals surface area contributed by atoms with Gasteiger partial charge in [-0.1, -0.05) is 17.7 Å². The monoisotopic (exact) mass is 283 g/mol. The third-order valence-electron chi connectivity index (χ3n) is 2.51. The third kappa shape index (κ3) is 5.53. The molecule has 1 aromatic carbocycles. The second-order valence-corrected chi connectivity index (χ2v) is 4.86. The van der Waals surface area contributed by atoms with E-state index in [1.54, 1.807) is 0 Å². The van der Waals surface area contributed by atoms with Crippen LogP contribution in [-0.2, 0) is 6.42 Å². The molecule has 3 nitrogen and oxygen atoms in total. The Hall–Kier alpha value is -1.19. The van der Waals surface area contributed by atoms with E-state index in [0.29, 0.717) is 13.2 Å². The van der Waals surface area contributed by atoms with Gasteiger partial charge in [0, 0.05) is 11.6 Å². The zero-order valence-electron chi connectivity index (χ0n) is 11.8. The molecule has 1 rings (SSSR count). The van der Waals surface area contributed by atoms with E-state index in [9.17, 15) is 0 Å². The van der Waals surface area contributed by atoms with E-state index in [4.69, 9.17) is 26.8 Å². The van der Waals surface area contributed by atoms with Crippen molar-refractivity contribution in [2.45, 2.75) is 33.2 Å². The molecule has 0 aliphatic rings. The lowest BCUT2D eigenvalue weighted by molar-refractivity contribution is 0.292. The van der Waals surface area contributed by atoms with Crippen molar-refractivity contribution < 1.29 is 9.47 Å². The van der Waals surface area contributed by atoms with Crippen molar-refractivity contribution in [2.24, 2.45) is 5.73 Å². The quantitative estimate of drug-likeness (QED) is 0.833. The highest BCUT2D eigenvalue weighted by Gasteiger charge is 2.08. The van der Waals surface area contributed by atoms with Crippen LogP contribution in [0, 0.1) is 0 Å². The Balaban J connectivity index is 2.84. The lowest BCUT2D eigenvalue weighted by Gasteiger charge is -2.14. The van der Waals surface area contributed by atoms with Crippen molar-refractivity contribution in [1.29, 1.82) is 0 Å². The van der Waals surface area contributed by atoms with Gasteiger partial charge in [0.25, 0.3) is 0 Å². The molecular weight excluding hydrogens is 262 g/mol. The van der Waals surface area contributed by atoms with Crippen LogP contribution in [0.5, 0.6) is 11.5 Å². The summed E-state index contributed by atoms with van der Waals surface area (Å²) in [4.78, 5) is 0. The highest BCUT2D eigenvalue weighted by Crippen LogP contribution is 2.29. The molecule has 0 aliphatic heterocycles. The van der Waals surface area contributed by atoms with Crippen LogP contribution < -0.4 is 15.2 Å². The SMILES string of the molecule is CCOc1cc(CC(C)N)ccc1OC/C(C)=C/Cl. The summed E-state index contributed by atoms with van der Waals surface area (Å²) in [6, 6.07) is 6.05. The Morgan fingerprint density at radius 2 is 2.11 bits per heavy atom. The minimum Gasteiger partial charge on any atom is -0.490 e. The fraction of sp³-hybridized carbons (Fsp3) is 0.467. The van der Waals surface area contributed by atoms with Gasteiger partial charge < -0.3 is 15.2 Å². The maximum atomic E-state index is 5.81. The smallest absolute Gasteiger partial charge is 0.161 e. The standard InChI is InChI=1S/C15H22ClNO2/c1-4-18-15-8-13(7-12(3)17)5-6-14(15)19-10-11(2)9-16/h5-6,8-9,12H,4,7,10,17H2,1-3H3/b11-9+. The van der Waals surface area contributed by atoms with Gasteiger partial charge in [0.05, 0.1) is 6.61 Å². The topological polar surface area (TPSA) is 44.5 Å². The van der Waals surface area contributed by atoms with Gasteiger partial charge in [-0.2, -0.15) is 0 Å². The second kappa shape index (κ2) is 8.08. The van der Waals surface area contributed by atoms with E-state index in [1.165, 1.54) is 5.54 Å². The Labute approximate surface area is 120 Å². The number of halogens is 1. The van der Waals surface area contributed by atoms with Crippen molar-refractivity contribution in [3.8, 4) is 11.5 Å². The van der Waals surface area contributed by atoms with Crippen LogP contribution in [-0.4, -0.2) is 19.3 Å². The predicted octanol–water partition coefficient (Wildman–Crippen LogP) is 3.50. The summed E-state index contributed by atoms with van der Waals surface area (Å²) >= 11 is 5.61. The molecule has 106 valence electrons. The molecule has 1 aromatic rings. The predicted molar refractivity (Wildman–Crippen MR) is 80.1 cm³/mol. The molecule has 0 spiro atoms. The molecule has 0 fully saturated rings. The summed E-state index contributed by atoms with van der Waals surface area (Å²) in [5.41, 5.74) is 9.44. The van der Waals surface area contributed by atoms with Crippen LogP contribution in [0.4, 0.5) is 0 Å². The Kier molecular flexibility index (Phi) is 6.74. The normalized spacial score (nSPS) is 13.2. The molecule has 2 N–H and O–H groups in total. The third-order valence-corrected chi connectivity index (χ3v) is 2.88. The Bertz CT molecular complexity index is 430. The zero-order valence-corrected chi connectivity index (χ0v) is 12.5. The molecule has 0 saturated heterocycles. The van der Waals surface area contributed by atoms with Gasteiger partial charge in [0.2, 0.25) is 0 Å². The van der Waals surface area contributed by atoms with Crippen LogP contribution in [0.25, 0.3) is 0 Å². The van der Waals surface area contributed by atoms with Gasteiger partial charge in [0.15, 0.2) is 11.5 Å². The molecule has 19 heavy (non-hydrogen) atoms. The zero-order chi connectivity index (χ0) is 14.3. The van der Waals surface area contributed by atoms with E-state index < -0.39 is 0 Å². The Morgan fingerprint density at radius 1 is 1.37 bits per heavy atom. The molecule has 0 aromatic heterocycles. The largest absolute Gasteiger partial charge is 0.490 e. The molecule has 0 aliphatic carbocycles. The van der Waals surface area contributed by atoms with Crippen molar-refractivity contribution in [1.82, 2.24) is 0 Å². The number of benzene rings is 1. The first-order valence-electron chi connectivity index (χ1n) is 6.46. The summed E-state index contributed by atoms with van der Waals surface area (Å²) in [5.74, 6) is 1.48. The van der Waals surface area contributed by atoms with Gasteiger partial charge in [0.1, 0.15) is 6.61 Å². The number of ether oxygens (including phenoxy) is 2. The van der Waals surface area contributed by atoms with Crippen molar-refractivity contribution in [3.63, 3.8) is 0 Å². The van der Waals surface area contributed by atoms with Crippen LogP contribution >= 0.6 is 11.6 Å². The van der Waals surface area contributed by atoms with Crippen molar-refractivity contribution >= 4 is 11.6 Å². The van der Waals surface area contributed by atoms with Crippen LogP contribution in [0.1, 0.15) is 26.3 Å². The number of nitrogens with two attached hydrogens (primary N) is 1. The van der Waals surface area contributed by atoms with E-state index in [2.05, 4.69) is 0 Å². The van der Waals surface area contributed by atoms with E-state index in [1.807, 2.05) is 39.0 Å². The van der Waals surface area contributed by atoms with Crippen LogP contribution in [0.3, 0.4) is 0 Å². The summed E-state index contributed by atoms with van der Waals surface area (Å²) in [7, 11) is 0. The van der Waals surface area contributed by atoms with Crippen molar-refractivity contribution in [2.75, 3.05) is 13.2 Å². The molecule has 0 radical (unpaired) electrons. The van der Waals surface area contributed by atoms with Crippen molar-refractivity contribution in [3.05, 3.63) is 34.9 Å². The molecule has 1 atom stereocenters. The van der Waals surface area contributed by atoms with E-state index in [-0.39, 0.29) is 6.04 Å². The average molecular weight is 284 g/mol. The molecule has 1 unspecified atom stereocenters. The highest BCUT2D eigenvalue weighted by molar-refractivity contribution is 6.25. The molecular formula is C15H22ClNO2. The number of rotatable bonds is 7. The minimum atomic E-state index is 0.127. The molecule has 4 heteroatoms. The first-order chi connectivity index (χ1) is 9.06. The van der Waals surface area contributed by atoms with Gasteiger partial charge >= 0.3 is 0 Å². The van der Waals surface area contributed by atoms with Gasteiger partial charge in [-0.3, -0.25) is 0 Å². The lowest BCUT2D eigenvalue weighted by Crippen LogP contribution is -2.17.